The van der Waals surface area contributed by atoms with E-state index in [4.69, 9.17) is 0 Å². The molecule has 1 aromatic carbocycles. The number of aryl methyl sites for hydroxylation is 1. The van der Waals surface area contributed by atoms with Crippen molar-refractivity contribution in [1.82, 2.24) is 10.2 Å². The van der Waals surface area contributed by atoms with Gasteiger partial charge in [0, 0.05) is 24.6 Å². The van der Waals surface area contributed by atoms with E-state index in [1.807, 2.05) is 13.1 Å². The summed E-state index contributed by atoms with van der Waals surface area (Å²) in [5.74, 6) is 0.192. The van der Waals surface area contributed by atoms with Crippen LogP contribution in [0.1, 0.15) is 11.1 Å². The third kappa shape index (κ3) is 2.87. The maximum atomic E-state index is 11.9. The predicted octanol–water partition coefficient (Wildman–Crippen LogP) is 1.73. The first-order valence-electron chi connectivity index (χ1n) is 5.81. The molecule has 1 saturated heterocycles. The average Bonchev–Trinajstić information content (AvgIpc) is 2.30. The number of amides is 1. The van der Waals surface area contributed by atoms with Crippen LogP contribution in [0.2, 0.25) is 0 Å². The number of likely N-dealkylation sites (N-methyl/N-ethyl adjacent to an activating group) is 1. The minimum Gasteiger partial charge on any atom is -0.343 e. The summed E-state index contributed by atoms with van der Waals surface area (Å²) in [6, 6.07) is 6.17. The third-order valence-electron chi connectivity index (χ3n) is 3.17. The summed E-state index contributed by atoms with van der Waals surface area (Å²) in [6.45, 7) is 3.74. The first-order valence-corrected chi connectivity index (χ1v) is 6.60. The molecule has 1 unspecified atom stereocenters. The van der Waals surface area contributed by atoms with E-state index >= 15 is 0 Å². The van der Waals surface area contributed by atoms with Crippen LogP contribution in [0, 0.1) is 6.92 Å². The molecule has 1 aliphatic rings. The molecule has 1 fully saturated rings. The predicted molar refractivity (Wildman–Crippen MR) is 72.0 cm³/mol. The van der Waals surface area contributed by atoms with E-state index in [0.717, 1.165) is 24.0 Å². The Kier molecular flexibility index (Phi) is 3.84. The van der Waals surface area contributed by atoms with E-state index in [2.05, 4.69) is 40.3 Å². The number of nitrogens with zero attached hydrogens (tertiary/aromatic N) is 1. The summed E-state index contributed by atoms with van der Waals surface area (Å²) < 4.78 is 1.11. The minimum absolute atomic E-state index is 0.0747. The highest BCUT2D eigenvalue weighted by atomic mass is 79.9. The van der Waals surface area contributed by atoms with Crippen molar-refractivity contribution >= 4 is 21.8 Å². The molecule has 1 amide bonds. The molecule has 1 heterocycles. The molecular weight excluding hydrogens is 280 g/mol. The van der Waals surface area contributed by atoms with Crippen LogP contribution in [0.4, 0.5) is 0 Å². The monoisotopic (exact) mass is 296 g/mol. The van der Waals surface area contributed by atoms with Crippen LogP contribution in [0.3, 0.4) is 0 Å². The molecule has 1 aromatic rings. The fourth-order valence-corrected chi connectivity index (χ4v) is 2.35. The molecule has 4 heteroatoms. The topological polar surface area (TPSA) is 32.3 Å². The summed E-state index contributed by atoms with van der Waals surface area (Å²) in [5.41, 5.74) is 2.41. The minimum atomic E-state index is -0.0747. The molecule has 1 aliphatic heterocycles. The van der Waals surface area contributed by atoms with Gasteiger partial charge in [0.15, 0.2) is 0 Å². The van der Waals surface area contributed by atoms with Crippen molar-refractivity contribution < 1.29 is 4.79 Å². The average molecular weight is 297 g/mol. The molecule has 0 radical (unpaired) electrons. The second kappa shape index (κ2) is 5.19. The molecule has 0 spiro atoms. The van der Waals surface area contributed by atoms with E-state index < -0.39 is 0 Å². The van der Waals surface area contributed by atoms with Gasteiger partial charge in [0.2, 0.25) is 5.91 Å². The van der Waals surface area contributed by atoms with Gasteiger partial charge >= 0.3 is 0 Å². The Balaban J connectivity index is 2.09. The quantitative estimate of drug-likeness (QED) is 0.901. The molecule has 3 nitrogen and oxygen atoms in total. The van der Waals surface area contributed by atoms with Gasteiger partial charge in [-0.1, -0.05) is 28.1 Å². The summed E-state index contributed by atoms with van der Waals surface area (Å²) in [7, 11) is 1.86. The zero-order valence-electron chi connectivity index (χ0n) is 10.2. The second-order valence-corrected chi connectivity index (χ2v) is 5.41. The van der Waals surface area contributed by atoms with Crippen LogP contribution < -0.4 is 5.32 Å². The van der Waals surface area contributed by atoms with Crippen molar-refractivity contribution in [2.24, 2.45) is 0 Å². The van der Waals surface area contributed by atoms with E-state index in [1.165, 1.54) is 11.1 Å². The van der Waals surface area contributed by atoms with Gasteiger partial charge in [-0.25, -0.2) is 0 Å². The standard InChI is InChI=1S/C13H17BrN2O/c1-9-7-10(3-4-11(9)14)8-12-13(17)16(2)6-5-15-12/h3-4,7,12,15H,5-6,8H2,1-2H3. The van der Waals surface area contributed by atoms with Gasteiger partial charge in [0.05, 0.1) is 6.04 Å². The number of hydrogen-bond donors (Lipinski definition) is 1. The Bertz CT molecular complexity index is 433. The number of hydrogen-bond acceptors (Lipinski definition) is 2. The van der Waals surface area contributed by atoms with Crippen molar-refractivity contribution in [3.63, 3.8) is 0 Å². The van der Waals surface area contributed by atoms with Crippen LogP contribution in [-0.2, 0) is 11.2 Å². The molecule has 0 saturated carbocycles. The highest BCUT2D eigenvalue weighted by Gasteiger charge is 2.25. The normalized spacial score (nSPS) is 20.8. The van der Waals surface area contributed by atoms with Crippen LogP contribution in [0.15, 0.2) is 22.7 Å². The first kappa shape index (κ1) is 12.6. The molecule has 1 atom stereocenters. The van der Waals surface area contributed by atoms with Crippen molar-refractivity contribution in [2.45, 2.75) is 19.4 Å². The fraction of sp³-hybridized carbons (Fsp3) is 0.462. The molecule has 0 bridgehead atoms. The largest absolute Gasteiger partial charge is 0.343 e. The number of carbonyl (C=O) groups is 1. The van der Waals surface area contributed by atoms with Gasteiger partial charge in [-0.05, 0) is 30.5 Å². The van der Waals surface area contributed by atoms with Crippen LogP contribution in [0.5, 0.6) is 0 Å². The molecule has 92 valence electrons. The zero-order chi connectivity index (χ0) is 12.4. The van der Waals surface area contributed by atoms with Crippen LogP contribution >= 0.6 is 15.9 Å². The summed E-state index contributed by atoms with van der Waals surface area (Å²) in [6.07, 6.45) is 0.761. The van der Waals surface area contributed by atoms with Gasteiger partial charge in [-0.3, -0.25) is 4.79 Å². The van der Waals surface area contributed by atoms with Gasteiger partial charge in [0.1, 0.15) is 0 Å². The lowest BCUT2D eigenvalue weighted by Crippen LogP contribution is -2.54. The van der Waals surface area contributed by atoms with Crippen LogP contribution in [-0.4, -0.2) is 37.0 Å². The van der Waals surface area contributed by atoms with Gasteiger partial charge in [0.25, 0.3) is 0 Å². The van der Waals surface area contributed by atoms with E-state index in [0.29, 0.717) is 0 Å². The summed E-state index contributed by atoms with van der Waals surface area (Å²) >= 11 is 3.49. The molecular formula is C13H17BrN2O. The number of halogens is 1. The van der Waals surface area contributed by atoms with Crippen molar-refractivity contribution in [3.8, 4) is 0 Å². The van der Waals surface area contributed by atoms with Gasteiger partial charge in [-0.15, -0.1) is 0 Å². The Labute approximate surface area is 110 Å². The zero-order valence-corrected chi connectivity index (χ0v) is 11.8. The Morgan fingerprint density at radius 1 is 1.53 bits per heavy atom. The van der Waals surface area contributed by atoms with Crippen molar-refractivity contribution in [1.29, 1.82) is 0 Å². The van der Waals surface area contributed by atoms with E-state index in [-0.39, 0.29) is 11.9 Å². The molecule has 17 heavy (non-hydrogen) atoms. The van der Waals surface area contributed by atoms with Crippen molar-refractivity contribution in [3.05, 3.63) is 33.8 Å². The van der Waals surface area contributed by atoms with E-state index in [9.17, 15) is 4.79 Å². The fourth-order valence-electron chi connectivity index (χ4n) is 2.10. The van der Waals surface area contributed by atoms with Gasteiger partial charge < -0.3 is 10.2 Å². The third-order valence-corrected chi connectivity index (χ3v) is 4.06. The highest BCUT2D eigenvalue weighted by molar-refractivity contribution is 9.10. The lowest BCUT2D eigenvalue weighted by molar-refractivity contribution is -0.134. The molecule has 2 rings (SSSR count). The number of rotatable bonds is 2. The molecule has 1 N–H and O–H groups in total. The first-order chi connectivity index (χ1) is 8.08. The van der Waals surface area contributed by atoms with Crippen LogP contribution in [0.25, 0.3) is 0 Å². The number of carbonyl (C=O) groups excluding carboxylic acids is 1. The van der Waals surface area contributed by atoms with Gasteiger partial charge in [-0.2, -0.15) is 0 Å². The SMILES string of the molecule is Cc1cc(CC2NCCN(C)C2=O)ccc1Br. The van der Waals surface area contributed by atoms with E-state index in [1.54, 1.807) is 4.90 Å². The Morgan fingerprint density at radius 3 is 3.00 bits per heavy atom. The number of nitrogens with one attached hydrogen (secondary N) is 1. The summed E-state index contributed by atoms with van der Waals surface area (Å²) in [4.78, 5) is 13.7. The maximum Gasteiger partial charge on any atom is 0.239 e. The maximum absolute atomic E-state index is 11.9. The summed E-state index contributed by atoms with van der Waals surface area (Å²) in [5, 5.41) is 3.28. The number of piperazine rings is 1. The van der Waals surface area contributed by atoms with Crippen molar-refractivity contribution in [2.75, 3.05) is 20.1 Å². The molecule has 0 aromatic heterocycles. The lowest BCUT2D eigenvalue weighted by Gasteiger charge is -2.30. The Hall–Kier alpha value is -0.870. The lowest BCUT2D eigenvalue weighted by atomic mass is 10.0. The smallest absolute Gasteiger partial charge is 0.239 e. The number of benzene rings is 1. The second-order valence-electron chi connectivity index (χ2n) is 4.55. The molecule has 0 aliphatic carbocycles. The Morgan fingerprint density at radius 2 is 2.29 bits per heavy atom. The highest BCUT2D eigenvalue weighted by Crippen LogP contribution is 2.18.